The van der Waals surface area contributed by atoms with Crippen LogP contribution in [0.1, 0.15) is 5.69 Å². The number of nitrogens with zero attached hydrogens (tertiary/aromatic N) is 2. The molecule has 0 aliphatic heterocycles. The highest BCUT2D eigenvalue weighted by Crippen LogP contribution is 2.21. The number of aromatic nitrogens is 2. The molecule has 0 aromatic carbocycles. The third kappa shape index (κ3) is 1.44. The topological polar surface area (TPSA) is 43.0 Å². The van der Waals surface area contributed by atoms with E-state index in [9.17, 15) is 0 Å². The molecule has 0 atom stereocenters. The number of aryl methyl sites for hydroxylation is 1. The molecule has 4 nitrogen and oxygen atoms in total. The van der Waals surface area contributed by atoms with Gasteiger partial charge in [-0.3, -0.25) is 0 Å². The lowest BCUT2D eigenvalue weighted by Crippen LogP contribution is -2.09. The Labute approximate surface area is 82.6 Å². The van der Waals surface area contributed by atoms with Crippen molar-refractivity contribution in [3.05, 3.63) is 30.4 Å². The summed E-state index contributed by atoms with van der Waals surface area (Å²) in [6.07, 6.45) is 3.46. The second-order valence-electron chi connectivity index (χ2n) is 3.16. The van der Waals surface area contributed by atoms with E-state index in [1.807, 2.05) is 30.8 Å². The Hall–Kier alpha value is -1.55. The number of nitrogens with one attached hydrogen (secondary N) is 1. The molecule has 2 heterocycles. The maximum absolute atomic E-state index is 5.32. The lowest BCUT2D eigenvalue weighted by atomic mass is 10.2. The predicted octanol–water partition coefficient (Wildman–Crippen LogP) is 1.40. The molecule has 2 rings (SSSR count). The number of imidazole rings is 1. The zero-order valence-electron chi connectivity index (χ0n) is 8.32. The van der Waals surface area contributed by atoms with Crippen molar-refractivity contribution in [3.8, 4) is 11.5 Å². The first-order valence-corrected chi connectivity index (χ1v) is 4.51. The fraction of sp³-hybridized carbons (Fsp3) is 0.300. The first-order chi connectivity index (χ1) is 6.83. The van der Waals surface area contributed by atoms with Crippen LogP contribution in [0.2, 0.25) is 0 Å². The molecule has 2 aromatic rings. The summed E-state index contributed by atoms with van der Waals surface area (Å²) in [5.41, 5.74) is 2.04. The quantitative estimate of drug-likeness (QED) is 0.797. The van der Waals surface area contributed by atoms with Crippen LogP contribution in [0.3, 0.4) is 0 Å². The number of hydrogen-bond acceptors (Lipinski definition) is 3. The summed E-state index contributed by atoms with van der Waals surface area (Å²) in [6, 6.07) is 3.79. The molecule has 0 radical (unpaired) electrons. The fourth-order valence-electron chi connectivity index (χ4n) is 1.45. The Kier molecular flexibility index (Phi) is 2.37. The maximum Gasteiger partial charge on any atom is 0.154 e. The monoisotopic (exact) mass is 191 g/mol. The Morgan fingerprint density at radius 3 is 3.07 bits per heavy atom. The first-order valence-electron chi connectivity index (χ1n) is 4.51. The third-order valence-electron chi connectivity index (χ3n) is 2.16. The average Bonchev–Trinajstić information content (AvgIpc) is 2.77. The second kappa shape index (κ2) is 3.67. The molecule has 0 bridgehead atoms. The summed E-state index contributed by atoms with van der Waals surface area (Å²) in [5.74, 6) is 0.816. The van der Waals surface area contributed by atoms with Crippen molar-refractivity contribution >= 4 is 0 Å². The largest absolute Gasteiger partial charge is 0.463 e. The van der Waals surface area contributed by atoms with E-state index in [1.165, 1.54) is 0 Å². The van der Waals surface area contributed by atoms with Crippen LogP contribution in [0.4, 0.5) is 0 Å². The van der Waals surface area contributed by atoms with Gasteiger partial charge in [-0.1, -0.05) is 0 Å². The number of rotatable bonds is 3. The number of hydrogen-bond donors (Lipinski definition) is 1. The van der Waals surface area contributed by atoms with Crippen molar-refractivity contribution in [2.75, 3.05) is 7.05 Å². The molecule has 14 heavy (non-hydrogen) atoms. The molecule has 0 amide bonds. The van der Waals surface area contributed by atoms with Gasteiger partial charge in [0.15, 0.2) is 5.76 Å². The molecule has 4 heteroatoms. The highest BCUT2D eigenvalue weighted by Gasteiger charge is 2.11. The van der Waals surface area contributed by atoms with E-state index in [0.717, 1.165) is 23.7 Å². The van der Waals surface area contributed by atoms with Crippen LogP contribution in [0.5, 0.6) is 0 Å². The van der Waals surface area contributed by atoms with Crippen molar-refractivity contribution in [2.24, 2.45) is 7.05 Å². The van der Waals surface area contributed by atoms with E-state index in [1.54, 1.807) is 12.6 Å². The summed E-state index contributed by atoms with van der Waals surface area (Å²) < 4.78 is 7.31. The Bertz CT molecular complexity index is 403. The van der Waals surface area contributed by atoms with Crippen LogP contribution in [0, 0.1) is 0 Å². The van der Waals surface area contributed by atoms with E-state index in [0.29, 0.717) is 0 Å². The third-order valence-corrected chi connectivity index (χ3v) is 2.16. The van der Waals surface area contributed by atoms with Crippen molar-refractivity contribution in [1.82, 2.24) is 14.9 Å². The van der Waals surface area contributed by atoms with Crippen LogP contribution in [0.25, 0.3) is 11.5 Å². The molecular weight excluding hydrogens is 178 g/mol. The summed E-state index contributed by atoms with van der Waals surface area (Å²) in [6.45, 7) is 0.784. The minimum atomic E-state index is 0.784. The Morgan fingerprint density at radius 2 is 2.43 bits per heavy atom. The normalized spacial score (nSPS) is 10.7. The fourth-order valence-corrected chi connectivity index (χ4v) is 1.45. The summed E-state index contributed by atoms with van der Waals surface area (Å²) >= 11 is 0. The summed E-state index contributed by atoms with van der Waals surface area (Å²) in [7, 11) is 3.89. The zero-order valence-corrected chi connectivity index (χ0v) is 8.32. The van der Waals surface area contributed by atoms with Gasteiger partial charge in [-0.25, -0.2) is 4.98 Å². The maximum atomic E-state index is 5.32. The highest BCUT2D eigenvalue weighted by molar-refractivity contribution is 5.55. The molecule has 0 unspecified atom stereocenters. The minimum absolute atomic E-state index is 0.784. The molecule has 2 aromatic heterocycles. The molecule has 1 N–H and O–H groups in total. The van der Waals surface area contributed by atoms with Gasteiger partial charge in [0.2, 0.25) is 0 Å². The predicted molar refractivity (Wildman–Crippen MR) is 53.7 cm³/mol. The summed E-state index contributed by atoms with van der Waals surface area (Å²) in [4.78, 5) is 4.31. The van der Waals surface area contributed by atoms with E-state index in [-0.39, 0.29) is 0 Å². The zero-order chi connectivity index (χ0) is 9.97. The van der Waals surface area contributed by atoms with Gasteiger partial charge in [0, 0.05) is 13.6 Å². The highest BCUT2D eigenvalue weighted by atomic mass is 16.3. The Morgan fingerprint density at radius 1 is 1.57 bits per heavy atom. The molecule has 0 saturated heterocycles. The van der Waals surface area contributed by atoms with Gasteiger partial charge >= 0.3 is 0 Å². The molecule has 0 saturated carbocycles. The molecular formula is C10H13N3O. The molecule has 0 aliphatic rings. The average molecular weight is 191 g/mol. The molecule has 0 spiro atoms. The standard InChI is InChI=1S/C10H13N3O/c1-11-6-8-10(12-7-13(8)2)9-4-3-5-14-9/h3-5,7,11H,6H2,1-2H3. The van der Waals surface area contributed by atoms with Crippen LogP contribution in [0.15, 0.2) is 29.1 Å². The van der Waals surface area contributed by atoms with Gasteiger partial charge in [0.05, 0.1) is 18.3 Å². The van der Waals surface area contributed by atoms with E-state index >= 15 is 0 Å². The van der Waals surface area contributed by atoms with Crippen LogP contribution < -0.4 is 5.32 Å². The minimum Gasteiger partial charge on any atom is -0.463 e. The van der Waals surface area contributed by atoms with Gasteiger partial charge in [0.1, 0.15) is 5.69 Å². The summed E-state index contributed by atoms with van der Waals surface area (Å²) in [5, 5.41) is 3.11. The van der Waals surface area contributed by atoms with Crippen molar-refractivity contribution < 1.29 is 4.42 Å². The van der Waals surface area contributed by atoms with Gasteiger partial charge in [-0.2, -0.15) is 0 Å². The van der Waals surface area contributed by atoms with Crippen LogP contribution in [-0.2, 0) is 13.6 Å². The first kappa shape index (κ1) is 9.02. The van der Waals surface area contributed by atoms with E-state index < -0.39 is 0 Å². The van der Waals surface area contributed by atoms with Crippen LogP contribution >= 0.6 is 0 Å². The van der Waals surface area contributed by atoms with Gasteiger partial charge in [0.25, 0.3) is 0 Å². The molecule has 0 aliphatic carbocycles. The van der Waals surface area contributed by atoms with Crippen LogP contribution in [-0.4, -0.2) is 16.6 Å². The van der Waals surface area contributed by atoms with E-state index in [4.69, 9.17) is 4.42 Å². The molecule has 74 valence electrons. The second-order valence-corrected chi connectivity index (χ2v) is 3.16. The lowest BCUT2D eigenvalue weighted by molar-refractivity contribution is 0.578. The SMILES string of the molecule is CNCc1c(-c2ccco2)ncn1C. The molecule has 0 fully saturated rings. The van der Waals surface area contributed by atoms with Crippen molar-refractivity contribution in [2.45, 2.75) is 6.54 Å². The van der Waals surface area contributed by atoms with Gasteiger partial charge < -0.3 is 14.3 Å². The van der Waals surface area contributed by atoms with Crippen molar-refractivity contribution in [3.63, 3.8) is 0 Å². The lowest BCUT2D eigenvalue weighted by Gasteiger charge is -2.02. The smallest absolute Gasteiger partial charge is 0.154 e. The Balaban J connectivity index is 2.43. The van der Waals surface area contributed by atoms with Crippen molar-refractivity contribution in [1.29, 1.82) is 0 Å². The van der Waals surface area contributed by atoms with Gasteiger partial charge in [-0.15, -0.1) is 0 Å². The number of furan rings is 1. The van der Waals surface area contributed by atoms with E-state index in [2.05, 4.69) is 10.3 Å². The van der Waals surface area contributed by atoms with Gasteiger partial charge in [-0.05, 0) is 19.2 Å².